The van der Waals surface area contributed by atoms with Crippen molar-refractivity contribution in [2.24, 2.45) is 0 Å². The highest BCUT2D eigenvalue weighted by atomic mass is 35.5. The first-order valence-electron chi connectivity index (χ1n) is 10.5. The van der Waals surface area contributed by atoms with Crippen LogP contribution in [-0.4, -0.2) is 34.9 Å². The van der Waals surface area contributed by atoms with E-state index in [0.717, 1.165) is 24.3 Å². The van der Waals surface area contributed by atoms with Gasteiger partial charge in [0.05, 0.1) is 10.6 Å². The molecular weight excluding hydrogens is 382 g/mol. The normalized spacial score (nSPS) is 16.8. The summed E-state index contributed by atoms with van der Waals surface area (Å²) in [6.45, 7) is 6.87. The first kappa shape index (κ1) is 20.0. The van der Waals surface area contributed by atoms with Gasteiger partial charge in [-0.2, -0.15) is 0 Å². The van der Waals surface area contributed by atoms with Gasteiger partial charge in [-0.3, -0.25) is 4.79 Å². The van der Waals surface area contributed by atoms with E-state index in [9.17, 15) is 4.79 Å². The molecule has 1 atom stereocenters. The summed E-state index contributed by atoms with van der Waals surface area (Å²) in [6, 6.07) is 13.8. The summed E-state index contributed by atoms with van der Waals surface area (Å²) >= 11 is 6.16. The predicted molar refractivity (Wildman–Crippen MR) is 121 cm³/mol. The number of anilines is 1. The number of amides is 1. The number of benzene rings is 2. The van der Waals surface area contributed by atoms with Crippen LogP contribution in [-0.2, 0) is 0 Å². The van der Waals surface area contributed by atoms with Gasteiger partial charge in [0.2, 0.25) is 0 Å². The van der Waals surface area contributed by atoms with Crippen LogP contribution in [0.15, 0.2) is 48.7 Å². The average Bonchev–Trinajstić information content (AvgIpc) is 3.17. The SMILES string of the molecule is CCC(C)N1CCC(c2c[nH]c3ccc(NC(=O)c4ccccc4Cl)cc23)CC1. The standard InChI is InChI=1S/C24H28ClN3O/c1-3-16(2)28-12-10-17(11-13-28)21-15-26-23-9-8-18(14-20(21)23)27-24(29)19-6-4-5-7-22(19)25/h4-9,14-17,26H,3,10-13H2,1-2H3,(H,27,29). The second-order valence-corrected chi connectivity index (χ2v) is 8.41. The highest BCUT2D eigenvalue weighted by Crippen LogP contribution is 2.35. The minimum absolute atomic E-state index is 0.186. The van der Waals surface area contributed by atoms with Crippen molar-refractivity contribution < 1.29 is 4.79 Å². The van der Waals surface area contributed by atoms with Crippen molar-refractivity contribution in [3.63, 3.8) is 0 Å². The molecule has 4 rings (SSSR count). The van der Waals surface area contributed by atoms with E-state index in [1.165, 1.54) is 30.2 Å². The minimum atomic E-state index is -0.186. The van der Waals surface area contributed by atoms with Gasteiger partial charge in [-0.15, -0.1) is 0 Å². The van der Waals surface area contributed by atoms with E-state index in [2.05, 4.69) is 41.3 Å². The number of fused-ring (bicyclic) bond motifs is 1. The molecule has 1 fully saturated rings. The Morgan fingerprint density at radius 2 is 2.00 bits per heavy atom. The number of rotatable bonds is 5. The summed E-state index contributed by atoms with van der Waals surface area (Å²) in [5, 5.41) is 4.65. The van der Waals surface area contributed by atoms with Gasteiger partial charge in [0.1, 0.15) is 0 Å². The second kappa shape index (κ2) is 8.60. The Morgan fingerprint density at radius 1 is 1.24 bits per heavy atom. The molecule has 29 heavy (non-hydrogen) atoms. The minimum Gasteiger partial charge on any atom is -0.361 e. The zero-order chi connectivity index (χ0) is 20.4. The summed E-state index contributed by atoms with van der Waals surface area (Å²) in [5.41, 5.74) is 3.75. The average molecular weight is 410 g/mol. The van der Waals surface area contributed by atoms with E-state index in [-0.39, 0.29) is 5.91 Å². The number of carbonyl (C=O) groups excluding carboxylic acids is 1. The van der Waals surface area contributed by atoms with E-state index in [4.69, 9.17) is 11.6 Å². The number of likely N-dealkylation sites (tertiary alicyclic amines) is 1. The van der Waals surface area contributed by atoms with E-state index in [1.54, 1.807) is 12.1 Å². The molecule has 1 amide bonds. The molecule has 4 nitrogen and oxygen atoms in total. The molecule has 2 N–H and O–H groups in total. The number of halogens is 1. The molecule has 0 radical (unpaired) electrons. The van der Waals surface area contributed by atoms with Crippen molar-refractivity contribution in [1.82, 2.24) is 9.88 Å². The number of piperidine rings is 1. The number of hydrogen-bond donors (Lipinski definition) is 2. The number of hydrogen-bond acceptors (Lipinski definition) is 2. The van der Waals surface area contributed by atoms with Gasteiger partial charge in [-0.1, -0.05) is 30.7 Å². The van der Waals surface area contributed by atoms with Crippen LogP contribution in [0.4, 0.5) is 5.69 Å². The number of H-pyrrole nitrogens is 1. The lowest BCUT2D eigenvalue weighted by atomic mass is 9.88. The smallest absolute Gasteiger partial charge is 0.257 e. The van der Waals surface area contributed by atoms with Crippen molar-refractivity contribution in [2.45, 2.75) is 45.1 Å². The quantitative estimate of drug-likeness (QED) is 0.538. The number of nitrogens with one attached hydrogen (secondary N) is 2. The summed E-state index contributed by atoms with van der Waals surface area (Å²) in [6.07, 6.45) is 5.70. The molecule has 0 spiro atoms. The molecule has 0 saturated carbocycles. The third kappa shape index (κ3) is 4.19. The van der Waals surface area contributed by atoms with Crippen LogP contribution in [0.2, 0.25) is 5.02 Å². The molecular formula is C24H28ClN3O. The van der Waals surface area contributed by atoms with E-state index in [1.807, 2.05) is 24.3 Å². The largest absolute Gasteiger partial charge is 0.361 e. The van der Waals surface area contributed by atoms with Crippen molar-refractivity contribution in [1.29, 1.82) is 0 Å². The number of carbonyl (C=O) groups is 1. The van der Waals surface area contributed by atoms with Gasteiger partial charge in [-0.05, 0) is 81.1 Å². The maximum atomic E-state index is 12.6. The van der Waals surface area contributed by atoms with Crippen LogP contribution in [0.5, 0.6) is 0 Å². The molecule has 1 aromatic heterocycles. The predicted octanol–water partition coefficient (Wildman–Crippen LogP) is 6.05. The van der Waals surface area contributed by atoms with Crippen molar-refractivity contribution >= 4 is 34.1 Å². The Bertz CT molecular complexity index is 1000. The first-order valence-corrected chi connectivity index (χ1v) is 10.9. The molecule has 0 aliphatic carbocycles. The number of nitrogens with zero attached hydrogens (tertiary/aromatic N) is 1. The Kier molecular flexibility index (Phi) is 5.93. The lowest BCUT2D eigenvalue weighted by Gasteiger charge is -2.35. The van der Waals surface area contributed by atoms with Gasteiger partial charge in [0.15, 0.2) is 0 Å². The van der Waals surface area contributed by atoms with Crippen molar-refractivity contribution in [2.75, 3.05) is 18.4 Å². The lowest BCUT2D eigenvalue weighted by molar-refractivity contribution is 0.102. The molecule has 5 heteroatoms. The Morgan fingerprint density at radius 3 is 2.72 bits per heavy atom. The van der Waals surface area contributed by atoms with Gasteiger partial charge in [0.25, 0.3) is 5.91 Å². The molecule has 152 valence electrons. The molecule has 1 unspecified atom stereocenters. The second-order valence-electron chi connectivity index (χ2n) is 8.01. The Balaban J connectivity index is 1.53. The third-order valence-electron chi connectivity index (χ3n) is 6.27. The van der Waals surface area contributed by atoms with Crippen LogP contribution < -0.4 is 5.32 Å². The fraction of sp³-hybridized carbons (Fsp3) is 0.375. The lowest BCUT2D eigenvalue weighted by Crippen LogP contribution is -2.39. The molecule has 2 heterocycles. The number of aromatic nitrogens is 1. The third-order valence-corrected chi connectivity index (χ3v) is 6.60. The maximum absolute atomic E-state index is 12.6. The molecule has 0 bridgehead atoms. The van der Waals surface area contributed by atoms with Crippen LogP contribution in [0.25, 0.3) is 10.9 Å². The van der Waals surface area contributed by atoms with Crippen molar-refractivity contribution in [3.8, 4) is 0 Å². The van der Waals surface area contributed by atoms with Gasteiger partial charge >= 0.3 is 0 Å². The maximum Gasteiger partial charge on any atom is 0.257 e. The Hall–Kier alpha value is -2.30. The molecule has 3 aromatic rings. The van der Waals surface area contributed by atoms with Gasteiger partial charge < -0.3 is 15.2 Å². The van der Waals surface area contributed by atoms with E-state index in [0.29, 0.717) is 22.5 Å². The fourth-order valence-electron chi connectivity index (χ4n) is 4.31. The fourth-order valence-corrected chi connectivity index (χ4v) is 4.53. The summed E-state index contributed by atoms with van der Waals surface area (Å²) < 4.78 is 0. The van der Waals surface area contributed by atoms with E-state index >= 15 is 0 Å². The van der Waals surface area contributed by atoms with Crippen LogP contribution >= 0.6 is 11.6 Å². The highest BCUT2D eigenvalue weighted by Gasteiger charge is 2.25. The zero-order valence-electron chi connectivity index (χ0n) is 17.0. The summed E-state index contributed by atoms with van der Waals surface area (Å²) in [5.74, 6) is 0.368. The van der Waals surface area contributed by atoms with Crippen molar-refractivity contribution in [3.05, 3.63) is 64.8 Å². The monoisotopic (exact) mass is 409 g/mol. The Labute approximate surface area is 177 Å². The van der Waals surface area contributed by atoms with Crippen LogP contribution in [0.1, 0.15) is 54.9 Å². The molecule has 1 aliphatic rings. The molecule has 1 aliphatic heterocycles. The van der Waals surface area contributed by atoms with Crippen LogP contribution in [0, 0.1) is 0 Å². The molecule has 1 saturated heterocycles. The zero-order valence-corrected chi connectivity index (χ0v) is 17.8. The summed E-state index contributed by atoms with van der Waals surface area (Å²) in [7, 11) is 0. The number of aromatic amines is 1. The van der Waals surface area contributed by atoms with Gasteiger partial charge in [-0.25, -0.2) is 0 Å². The topological polar surface area (TPSA) is 48.1 Å². The van der Waals surface area contributed by atoms with Gasteiger partial charge in [0, 0.05) is 28.8 Å². The first-order chi connectivity index (χ1) is 14.1. The van der Waals surface area contributed by atoms with E-state index < -0.39 is 0 Å². The highest BCUT2D eigenvalue weighted by molar-refractivity contribution is 6.34. The molecule has 2 aromatic carbocycles. The van der Waals surface area contributed by atoms with Crippen LogP contribution in [0.3, 0.4) is 0 Å². The summed E-state index contributed by atoms with van der Waals surface area (Å²) in [4.78, 5) is 18.6.